The van der Waals surface area contributed by atoms with E-state index in [-0.39, 0.29) is 12.2 Å². The van der Waals surface area contributed by atoms with E-state index >= 15 is 0 Å². The summed E-state index contributed by atoms with van der Waals surface area (Å²) in [5.41, 5.74) is -0.848. The molecule has 7 heteroatoms. The zero-order valence-corrected chi connectivity index (χ0v) is 7.85. The average molecular weight is 212 g/mol. The summed E-state index contributed by atoms with van der Waals surface area (Å²) in [4.78, 5) is 33.7. The van der Waals surface area contributed by atoms with Crippen LogP contribution in [0.25, 0.3) is 0 Å². The van der Waals surface area contributed by atoms with Gasteiger partial charge in [-0.25, -0.2) is 14.6 Å². The van der Waals surface area contributed by atoms with Crippen molar-refractivity contribution in [2.24, 2.45) is 0 Å². The van der Waals surface area contributed by atoms with Crippen LogP contribution in [0.3, 0.4) is 0 Å². The van der Waals surface area contributed by atoms with E-state index in [1.54, 1.807) is 6.92 Å². The molecule has 0 amide bonds. The van der Waals surface area contributed by atoms with Crippen LogP contribution in [-0.4, -0.2) is 22.5 Å². The molecule has 80 valence electrons. The maximum Gasteiger partial charge on any atom is 0.338 e. The number of rotatable bonds is 3. The number of pyridine rings is 1. The third-order valence-corrected chi connectivity index (χ3v) is 1.54. The molecule has 1 N–H and O–H groups in total. The van der Waals surface area contributed by atoms with E-state index < -0.39 is 22.3 Å². The quantitative estimate of drug-likeness (QED) is 0.445. The molecule has 0 unspecified atom stereocenters. The fourth-order valence-electron chi connectivity index (χ4n) is 0.959. The highest BCUT2D eigenvalue weighted by atomic mass is 16.6. The molecule has 1 aromatic rings. The van der Waals surface area contributed by atoms with Crippen molar-refractivity contribution >= 4 is 11.8 Å². The zero-order chi connectivity index (χ0) is 11.4. The number of carbonyl (C=O) groups is 1. The average Bonchev–Trinajstić information content (AvgIpc) is 2.17. The number of nitro groups is 1. The van der Waals surface area contributed by atoms with Crippen molar-refractivity contribution in [2.45, 2.75) is 6.92 Å². The van der Waals surface area contributed by atoms with E-state index in [9.17, 15) is 19.7 Å². The van der Waals surface area contributed by atoms with Gasteiger partial charge in [-0.05, 0) is 11.8 Å². The molecular formula is C8H8N2O5. The van der Waals surface area contributed by atoms with Gasteiger partial charge in [0.25, 0.3) is 0 Å². The molecule has 0 radical (unpaired) electrons. The Labute approximate surface area is 83.8 Å². The van der Waals surface area contributed by atoms with Crippen LogP contribution in [0, 0.1) is 10.1 Å². The Hall–Kier alpha value is -2.18. The van der Waals surface area contributed by atoms with Gasteiger partial charge in [0, 0.05) is 12.1 Å². The van der Waals surface area contributed by atoms with Crippen LogP contribution in [0.1, 0.15) is 17.3 Å². The SMILES string of the molecule is CCOC(=O)c1cc([N+](=O)[O-])[nH]c(=O)c1. The van der Waals surface area contributed by atoms with Crippen molar-refractivity contribution < 1.29 is 14.5 Å². The number of nitrogens with zero attached hydrogens (tertiary/aromatic N) is 1. The van der Waals surface area contributed by atoms with E-state index in [0.717, 1.165) is 12.1 Å². The molecule has 1 heterocycles. The maximum atomic E-state index is 11.2. The number of hydrogen-bond acceptors (Lipinski definition) is 5. The van der Waals surface area contributed by atoms with Crippen LogP contribution in [0.5, 0.6) is 0 Å². The molecule has 0 atom stereocenters. The van der Waals surface area contributed by atoms with E-state index in [1.165, 1.54) is 0 Å². The summed E-state index contributed by atoms with van der Waals surface area (Å²) in [6.45, 7) is 1.74. The Balaban J connectivity index is 3.14. The van der Waals surface area contributed by atoms with E-state index in [2.05, 4.69) is 4.74 Å². The monoisotopic (exact) mass is 212 g/mol. The van der Waals surface area contributed by atoms with Crippen molar-refractivity contribution in [1.82, 2.24) is 4.98 Å². The van der Waals surface area contributed by atoms with Gasteiger partial charge in [-0.15, -0.1) is 0 Å². The van der Waals surface area contributed by atoms with Gasteiger partial charge < -0.3 is 14.9 Å². The van der Waals surface area contributed by atoms with Crippen molar-refractivity contribution in [1.29, 1.82) is 0 Å². The minimum absolute atomic E-state index is 0.132. The predicted octanol–water partition coefficient (Wildman–Crippen LogP) is 0.460. The lowest BCUT2D eigenvalue weighted by Gasteiger charge is -2.00. The van der Waals surface area contributed by atoms with Crippen LogP contribution in [0.4, 0.5) is 5.82 Å². The fourth-order valence-corrected chi connectivity index (χ4v) is 0.959. The number of esters is 1. The topological polar surface area (TPSA) is 102 Å². The second kappa shape index (κ2) is 4.36. The van der Waals surface area contributed by atoms with E-state index in [0.29, 0.717) is 0 Å². The van der Waals surface area contributed by atoms with E-state index in [4.69, 9.17) is 0 Å². The summed E-state index contributed by atoms with van der Waals surface area (Å²) in [5.74, 6) is -1.29. The molecule has 0 aliphatic rings. The van der Waals surface area contributed by atoms with Crippen molar-refractivity contribution in [3.8, 4) is 0 Å². The Kier molecular flexibility index (Phi) is 3.17. The highest BCUT2D eigenvalue weighted by Crippen LogP contribution is 2.07. The number of nitrogens with one attached hydrogen (secondary N) is 1. The second-order valence-electron chi connectivity index (χ2n) is 2.60. The number of H-pyrrole nitrogens is 1. The van der Waals surface area contributed by atoms with Gasteiger partial charge >= 0.3 is 17.3 Å². The third-order valence-electron chi connectivity index (χ3n) is 1.54. The van der Waals surface area contributed by atoms with Crippen molar-refractivity contribution in [2.75, 3.05) is 6.61 Å². The summed E-state index contributed by atoms with van der Waals surface area (Å²) in [7, 11) is 0. The van der Waals surface area contributed by atoms with Crippen LogP contribution < -0.4 is 5.56 Å². The highest BCUT2D eigenvalue weighted by Gasteiger charge is 2.13. The molecule has 0 saturated carbocycles. The fraction of sp³-hybridized carbons (Fsp3) is 0.250. The minimum atomic E-state index is -0.788. The predicted molar refractivity (Wildman–Crippen MR) is 49.7 cm³/mol. The molecule has 15 heavy (non-hydrogen) atoms. The van der Waals surface area contributed by atoms with Crippen LogP contribution in [0.2, 0.25) is 0 Å². The lowest BCUT2D eigenvalue weighted by molar-refractivity contribution is -0.389. The number of aromatic nitrogens is 1. The number of carbonyl (C=O) groups excluding carboxylic acids is 1. The minimum Gasteiger partial charge on any atom is -0.462 e. The molecule has 0 bridgehead atoms. The van der Waals surface area contributed by atoms with Gasteiger partial charge in [0.1, 0.15) is 0 Å². The van der Waals surface area contributed by atoms with Crippen molar-refractivity contribution in [3.05, 3.63) is 38.2 Å². The van der Waals surface area contributed by atoms with Crippen LogP contribution in [-0.2, 0) is 4.74 Å². The first-order chi connectivity index (χ1) is 7.04. The van der Waals surface area contributed by atoms with Gasteiger partial charge in [-0.3, -0.25) is 0 Å². The normalized spacial score (nSPS) is 9.67. The summed E-state index contributed by atoms with van der Waals surface area (Å²) >= 11 is 0. The summed E-state index contributed by atoms with van der Waals surface area (Å²) in [6.07, 6.45) is 0. The summed E-state index contributed by atoms with van der Waals surface area (Å²) < 4.78 is 4.60. The third kappa shape index (κ3) is 2.63. The zero-order valence-electron chi connectivity index (χ0n) is 7.85. The molecule has 0 aromatic carbocycles. The smallest absolute Gasteiger partial charge is 0.338 e. The van der Waals surface area contributed by atoms with Crippen LogP contribution in [0.15, 0.2) is 16.9 Å². The largest absolute Gasteiger partial charge is 0.462 e. The standard InChI is InChI=1S/C8H8N2O5/c1-2-15-8(12)5-3-6(10(13)14)9-7(11)4-5/h3-4H,2H2,1H3,(H,9,11). The first kappa shape index (κ1) is 10.9. The molecule has 0 aliphatic carbocycles. The summed E-state index contributed by atoms with van der Waals surface area (Å²) in [6, 6.07) is 1.91. The molecular weight excluding hydrogens is 204 g/mol. The first-order valence-electron chi connectivity index (χ1n) is 4.10. The number of aromatic amines is 1. The van der Waals surface area contributed by atoms with Gasteiger partial charge in [-0.1, -0.05) is 0 Å². The Bertz CT molecular complexity index is 451. The Morgan fingerprint density at radius 1 is 1.60 bits per heavy atom. The molecule has 0 spiro atoms. The molecule has 0 saturated heterocycles. The van der Waals surface area contributed by atoms with Gasteiger partial charge in [0.05, 0.1) is 12.2 Å². The van der Waals surface area contributed by atoms with Gasteiger partial charge in [-0.2, -0.15) is 0 Å². The second-order valence-corrected chi connectivity index (χ2v) is 2.60. The van der Waals surface area contributed by atoms with Gasteiger partial charge in [0.2, 0.25) is 0 Å². The lowest BCUT2D eigenvalue weighted by Crippen LogP contribution is -2.13. The Morgan fingerprint density at radius 3 is 2.80 bits per heavy atom. The Morgan fingerprint density at radius 2 is 2.27 bits per heavy atom. The molecule has 1 aromatic heterocycles. The van der Waals surface area contributed by atoms with E-state index in [1.807, 2.05) is 4.98 Å². The molecule has 0 aliphatic heterocycles. The maximum absolute atomic E-state index is 11.2. The number of ether oxygens (including phenoxy) is 1. The van der Waals surface area contributed by atoms with Crippen molar-refractivity contribution in [3.63, 3.8) is 0 Å². The lowest BCUT2D eigenvalue weighted by atomic mass is 10.2. The molecule has 1 rings (SSSR count). The molecule has 0 fully saturated rings. The van der Waals surface area contributed by atoms with Crippen LogP contribution >= 0.6 is 0 Å². The molecule has 7 nitrogen and oxygen atoms in total. The summed E-state index contributed by atoms with van der Waals surface area (Å²) in [5, 5.41) is 10.4. The number of hydrogen-bond donors (Lipinski definition) is 1. The first-order valence-corrected chi connectivity index (χ1v) is 4.10. The highest BCUT2D eigenvalue weighted by molar-refractivity contribution is 5.89. The van der Waals surface area contributed by atoms with Gasteiger partial charge in [0.15, 0.2) is 0 Å².